The van der Waals surface area contributed by atoms with Crippen LogP contribution < -0.4 is 10.2 Å². The van der Waals surface area contributed by atoms with Gasteiger partial charge in [-0.3, -0.25) is 10.2 Å². The summed E-state index contributed by atoms with van der Waals surface area (Å²) in [6, 6.07) is 12.3. The van der Waals surface area contributed by atoms with E-state index < -0.39 is 23.9 Å². The number of nitriles is 1. The molecule has 4 rings (SSSR count). The summed E-state index contributed by atoms with van der Waals surface area (Å²) in [6.45, 7) is 9.42. The van der Waals surface area contributed by atoms with Crippen molar-refractivity contribution in [1.29, 1.82) is 5.26 Å². The number of carbonyl (C=O) groups is 1. The van der Waals surface area contributed by atoms with Crippen LogP contribution in [-0.2, 0) is 10.9 Å². The first-order chi connectivity index (χ1) is 16.7. The smallest absolute Gasteiger partial charge is 0.416 e. The fourth-order valence-corrected chi connectivity index (χ4v) is 3.73. The number of carbonyl (C=O) groups excluding carboxylic acids is 1. The summed E-state index contributed by atoms with van der Waals surface area (Å²) in [7, 11) is 1.16. The summed E-state index contributed by atoms with van der Waals surface area (Å²) in [4.78, 5) is 21.1. The van der Waals surface area contributed by atoms with Gasteiger partial charge < -0.3 is 4.74 Å². The highest BCUT2D eigenvalue weighted by Crippen LogP contribution is 2.44. The number of nitrogens with zero attached hydrogens (tertiary/aromatic N) is 6. The maximum absolute atomic E-state index is 13.4. The Morgan fingerprint density at radius 1 is 1.26 bits per heavy atom. The Morgan fingerprint density at radius 3 is 2.57 bits per heavy atom. The largest absolute Gasteiger partial charge is 0.453 e. The first-order valence-electron chi connectivity index (χ1n) is 10.0. The minimum Gasteiger partial charge on any atom is -0.453 e. The van der Waals surface area contributed by atoms with Gasteiger partial charge in [-0.2, -0.15) is 23.4 Å². The van der Waals surface area contributed by atoms with Gasteiger partial charge in [-0.1, -0.05) is 18.2 Å². The van der Waals surface area contributed by atoms with Crippen molar-refractivity contribution in [2.24, 2.45) is 0 Å². The number of hydrogen-bond acceptors (Lipinski definition) is 6. The molecule has 9 nitrogen and oxygen atoms in total. The first-order valence-corrected chi connectivity index (χ1v) is 10.0. The zero-order chi connectivity index (χ0) is 25.3. The van der Waals surface area contributed by atoms with E-state index >= 15 is 0 Å². The minimum absolute atomic E-state index is 0.0787. The van der Waals surface area contributed by atoms with Crippen LogP contribution in [0.15, 0.2) is 59.9 Å². The van der Waals surface area contributed by atoms with Gasteiger partial charge in [-0.15, -0.1) is 5.10 Å². The number of ether oxygens (including phenoxy) is 1. The van der Waals surface area contributed by atoms with Crippen molar-refractivity contribution >= 4 is 23.7 Å². The van der Waals surface area contributed by atoms with Gasteiger partial charge in [-0.25, -0.2) is 14.3 Å². The predicted octanol–water partition coefficient (Wildman–Crippen LogP) is 5.24. The number of rotatable bonds is 3. The summed E-state index contributed by atoms with van der Waals surface area (Å²) in [5.74, 6) is -0.0866. The Bertz CT molecular complexity index is 1410. The second-order valence-electron chi connectivity index (χ2n) is 7.40. The highest BCUT2D eigenvalue weighted by atomic mass is 19.4. The average molecular weight is 479 g/mol. The number of anilines is 3. The summed E-state index contributed by atoms with van der Waals surface area (Å²) in [5.41, 5.74) is 0.739. The Labute approximate surface area is 197 Å². The third-order valence-electron chi connectivity index (χ3n) is 5.33. The maximum atomic E-state index is 13.4. The lowest BCUT2D eigenvalue weighted by Gasteiger charge is -2.34. The molecule has 0 unspecified atom stereocenters. The third-order valence-corrected chi connectivity index (χ3v) is 5.33. The van der Waals surface area contributed by atoms with Crippen molar-refractivity contribution in [1.82, 2.24) is 14.8 Å². The summed E-state index contributed by atoms with van der Waals surface area (Å²) >= 11 is 0. The topological polar surface area (TPSA) is 100 Å². The van der Waals surface area contributed by atoms with Gasteiger partial charge in [-0.05, 0) is 42.8 Å². The molecule has 176 valence electrons. The molecule has 1 aliphatic rings. The molecule has 1 amide bonds. The van der Waals surface area contributed by atoms with Crippen LogP contribution in [0.25, 0.3) is 4.85 Å². The van der Waals surface area contributed by atoms with Gasteiger partial charge >= 0.3 is 12.3 Å². The second kappa shape index (κ2) is 8.83. The van der Waals surface area contributed by atoms with Crippen LogP contribution >= 0.6 is 0 Å². The van der Waals surface area contributed by atoms with Crippen LogP contribution in [0.1, 0.15) is 29.7 Å². The van der Waals surface area contributed by atoms with Gasteiger partial charge in [0.05, 0.1) is 30.9 Å². The molecule has 2 aromatic carbocycles. The fraction of sp³-hybridized carbons (Fsp3) is 0.174. The molecule has 1 aromatic heterocycles. The molecular formula is C23H16F3N7O2. The molecule has 0 radical (unpaired) electrons. The Kier molecular flexibility index (Phi) is 5.89. The molecular weight excluding hydrogens is 463 g/mol. The minimum atomic E-state index is -4.58. The van der Waals surface area contributed by atoms with Crippen molar-refractivity contribution in [2.75, 3.05) is 17.3 Å². The fourth-order valence-electron chi connectivity index (χ4n) is 3.73. The Hall–Kier alpha value is -4.84. The lowest BCUT2D eigenvalue weighted by atomic mass is 9.99. The van der Waals surface area contributed by atoms with E-state index in [0.29, 0.717) is 16.8 Å². The molecule has 1 aliphatic heterocycles. The molecule has 0 fully saturated rings. The number of alkyl halides is 3. The number of fused-ring (bicyclic) bond motifs is 1. The standard InChI is InChI=1S/C23H16F3N7O2/c1-13-18(28-2)19(15-9-7-14(12-27)8-10-15)33-21(29-20(31-33)30-22(34)35-3)32(13)17-6-4-5-16(11-17)23(24,25)26/h4-11,19H,1,3H3,(H,30,31,34)/t19-/m1/s1. The number of benzene rings is 2. The SMILES string of the molecule is [C-]#[N+]C1=C(C)N(c2cccc(C(F)(F)F)c2)c2nc(NC(=O)OC)nn2[C@@H]1c1ccc(C#N)cc1. The van der Waals surface area contributed by atoms with E-state index in [1.54, 1.807) is 31.2 Å². The average Bonchev–Trinajstić information content (AvgIpc) is 3.25. The molecule has 35 heavy (non-hydrogen) atoms. The number of methoxy groups -OCH3 is 1. The number of halogens is 3. The van der Waals surface area contributed by atoms with Crippen LogP contribution in [0.5, 0.6) is 0 Å². The molecule has 1 N–H and O–H groups in total. The third kappa shape index (κ3) is 4.25. The van der Waals surface area contributed by atoms with E-state index in [9.17, 15) is 18.0 Å². The molecule has 0 spiro atoms. The van der Waals surface area contributed by atoms with Crippen molar-refractivity contribution in [3.63, 3.8) is 0 Å². The molecule has 12 heteroatoms. The number of hydrogen-bond donors (Lipinski definition) is 1. The normalized spacial score (nSPS) is 15.2. The number of nitrogens with one attached hydrogen (secondary N) is 1. The van der Waals surface area contributed by atoms with E-state index in [0.717, 1.165) is 19.2 Å². The molecule has 2 heterocycles. The Morgan fingerprint density at radius 2 is 1.97 bits per heavy atom. The van der Waals surface area contributed by atoms with Crippen molar-refractivity contribution in [3.05, 3.63) is 88.0 Å². The highest BCUT2D eigenvalue weighted by molar-refractivity contribution is 5.82. The van der Waals surface area contributed by atoms with Crippen molar-refractivity contribution in [2.45, 2.75) is 19.1 Å². The van der Waals surface area contributed by atoms with E-state index in [4.69, 9.17) is 11.8 Å². The summed E-state index contributed by atoms with van der Waals surface area (Å²) < 4.78 is 46.1. The van der Waals surface area contributed by atoms with Crippen molar-refractivity contribution < 1.29 is 22.7 Å². The molecule has 0 bridgehead atoms. The van der Waals surface area contributed by atoms with E-state index in [2.05, 4.69) is 25.0 Å². The molecule has 1 atom stereocenters. The lowest BCUT2D eigenvalue weighted by Crippen LogP contribution is -2.30. The molecule has 3 aromatic rings. The molecule has 0 aliphatic carbocycles. The van der Waals surface area contributed by atoms with E-state index in [-0.39, 0.29) is 23.3 Å². The first kappa shape index (κ1) is 23.3. The number of amides is 1. The van der Waals surface area contributed by atoms with E-state index in [1.165, 1.54) is 21.7 Å². The van der Waals surface area contributed by atoms with Gasteiger partial charge in [0.25, 0.3) is 5.95 Å². The monoisotopic (exact) mass is 479 g/mol. The number of aromatic nitrogens is 3. The van der Waals surface area contributed by atoms with Crippen LogP contribution in [0, 0.1) is 17.9 Å². The summed E-state index contributed by atoms with van der Waals surface area (Å²) in [5, 5.41) is 15.8. The van der Waals surface area contributed by atoms with Gasteiger partial charge in [0, 0.05) is 11.4 Å². The summed E-state index contributed by atoms with van der Waals surface area (Å²) in [6.07, 6.45) is -5.42. The van der Waals surface area contributed by atoms with Crippen molar-refractivity contribution in [3.8, 4) is 6.07 Å². The van der Waals surface area contributed by atoms with Gasteiger partial charge in [0.2, 0.25) is 11.6 Å². The number of allylic oxidation sites excluding steroid dienone is 2. The van der Waals surface area contributed by atoms with E-state index in [1.807, 2.05) is 6.07 Å². The molecule has 0 saturated heterocycles. The zero-order valence-corrected chi connectivity index (χ0v) is 18.3. The maximum Gasteiger partial charge on any atom is 0.416 e. The highest BCUT2D eigenvalue weighted by Gasteiger charge is 2.38. The van der Waals surface area contributed by atoms with Crippen LogP contribution in [0.4, 0.5) is 35.5 Å². The predicted molar refractivity (Wildman–Crippen MR) is 118 cm³/mol. The van der Waals surface area contributed by atoms with Crippen LogP contribution in [-0.4, -0.2) is 28.0 Å². The lowest BCUT2D eigenvalue weighted by molar-refractivity contribution is -0.137. The Balaban J connectivity index is 1.94. The molecule has 0 saturated carbocycles. The van der Waals surface area contributed by atoms with Crippen LogP contribution in [0.2, 0.25) is 0 Å². The second-order valence-corrected chi connectivity index (χ2v) is 7.40. The van der Waals surface area contributed by atoms with Gasteiger partial charge in [0.1, 0.15) is 6.04 Å². The van der Waals surface area contributed by atoms with Gasteiger partial charge in [0.15, 0.2) is 0 Å². The quantitative estimate of drug-likeness (QED) is 0.516. The van der Waals surface area contributed by atoms with Crippen LogP contribution in [0.3, 0.4) is 0 Å². The zero-order valence-electron chi connectivity index (χ0n) is 18.3.